The Labute approximate surface area is 122 Å². The molecule has 0 heterocycles. The van der Waals surface area contributed by atoms with Gasteiger partial charge in [-0.1, -0.05) is 50.5 Å². The maximum atomic E-state index is 11.6. The van der Waals surface area contributed by atoms with Gasteiger partial charge in [0.15, 0.2) is 0 Å². The second-order valence-electron chi connectivity index (χ2n) is 6.88. The van der Waals surface area contributed by atoms with E-state index >= 15 is 0 Å². The summed E-state index contributed by atoms with van der Waals surface area (Å²) >= 11 is 0. The van der Waals surface area contributed by atoms with Crippen molar-refractivity contribution in [3.63, 3.8) is 0 Å². The van der Waals surface area contributed by atoms with Crippen LogP contribution >= 0.6 is 0 Å². The average Bonchev–Trinajstić information content (AvgIpc) is 2.88. The molecule has 1 aromatic rings. The number of aliphatic hydroxyl groups is 1. The van der Waals surface area contributed by atoms with E-state index in [9.17, 15) is 5.11 Å². The van der Waals surface area contributed by atoms with Crippen LogP contribution in [0.2, 0.25) is 0 Å². The summed E-state index contributed by atoms with van der Waals surface area (Å²) in [5.74, 6) is 0.411. The Morgan fingerprint density at radius 1 is 1.20 bits per heavy atom. The number of nitrogens with two attached hydrogens (primary N) is 1. The third kappa shape index (κ3) is 1.93. The fraction of sp³-hybridized carbons (Fsp3) is 0.667. The molecule has 2 atom stereocenters. The molecule has 3 rings (SSSR count). The fourth-order valence-electron chi connectivity index (χ4n) is 4.79. The lowest BCUT2D eigenvalue weighted by Crippen LogP contribution is -2.58. The summed E-state index contributed by atoms with van der Waals surface area (Å²) in [5.41, 5.74) is 8.29. The van der Waals surface area contributed by atoms with Gasteiger partial charge in [-0.05, 0) is 42.7 Å². The van der Waals surface area contributed by atoms with E-state index in [2.05, 4.69) is 31.2 Å². The highest BCUT2D eigenvalue weighted by molar-refractivity contribution is 5.36. The Kier molecular flexibility index (Phi) is 3.64. The Morgan fingerprint density at radius 2 is 1.85 bits per heavy atom. The number of benzene rings is 1. The first-order valence-electron chi connectivity index (χ1n) is 8.14. The van der Waals surface area contributed by atoms with Crippen LogP contribution in [-0.2, 0) is 12.8 Å². The van der Waals surface area contributed by atoms with Crippen LogP contribution < -0.4 is 5.73 Å². The highest BCUT2D eigenvalue weighted by Gasteiger charge is 2.55. The van der Waals surface area contributed by atoms with E-state index in [1.807, 2.05) is 0 Å². The zero-order valence-electron chi connectivity index (χ0n) is 12.6. The first-order valence-corrected chi connectivity index (χ1v) is 8.14. The van der Waals surface area contributed by atoms with Crippen molar-refractivity contribution in [1.29, 1.82) is 0 Å². The predicted octanol–water partition coefficient (Wildman–Crippen LogP) is 3.06. The van der Waals surface area contributed by atoms with Gasteiger partial charge in [-0.3, -0.25) is 0 Å². The van der Waals surface area contributed by atoms with Crippen LogP contribution in [-0.4, -0.2) is 17.3 Å². The van der Waals surface area contributed by atoms with E-state index in [4.69, 9.17) is 5.73 Å². The number of fused-ring (bicyclic) bond motifs is 1. The monoisotopic (exact) mass is 273 g/mol. The van der Waals surface area contributed by atoms with Crippen molar-refractivity contribution in [2.24, 2.45) is 17.1 Å². The zero-order valence-corrected chi connectivity index (χ0v) is 12.6. The SMILES string of the molecule is CCC1CCCCC1(O)C1(CN)Cc2ccccc2C1. The van der Waals surface area contributed by atoms with E-state index in [1.165, 1.54) is 17.5 Å². The van der Waals surface area contributed by atoms with Gasteiger partial charge in [0.05, 0.1) is 5.60 Å². The quantitative estimate of drug-likeness (QED) is 0.889. The standard InChI is InChI=1S/C18H27NO/c1-2-16-9-5-6-10-18(16,20)17(13-19)11-14-7-3-4-8-15(14)12-17/h3-4,7-8,16,20H,2,5-6,9-13,19H2,1H3. The van der Waals surface area contributed by atoms with Gasteiger partial charge in [0, 0.05) is 12.0 Å². The summed E-state index contributed by atoms with van der Waals surface area (Å²) in [6.07, 6.45) is 7.45. The molecule has 0 bridgehead atoms. The molecule has 1 saturated carbocycles. The van der Waals surface area contributed by atoms with Gasteiger partial charge in [-0.25, -0.2) is 0 Å². The van der Waals surface area contributed by atoms with Gasteiger partial charge in [0.2, 0.25) is 0 Å². The highest BCUT2D eigenvalue weighted by Crippen LogP contribution is 2.53. The van der Waals surface area contributed by atoms with Gasteiger partial charge < -0.3 is 10.8 Å². The number of rotatable bonds is 3. The minimum atomic E-state index is -0.576. The van der Waals surface area contributed by atoms with Crippen LogP contribution in [0.1, 0.15) is 50.2 Å². The molecule has 0 aliphatic heterocycles. The molecule has 0 aromatic heterocycles. The predicted molar refractivity (Wildman–Crippen MR) is 82.5 cm³/mol. The Hall–Kier alpha value is -0.860. The first kappa shape index (κ1) is 14.1. The van der Waals surface area contributed by atoms with Crippen molar-refractivity contribution < 1.29 is 5.11 Å². The van der Waals surface area contributed by atoms with E-state index in [0.29, 0.717) is 12.5 Å². The van der Waals surface area contributed by atoms with Crippen LogP contribution in [0.5, 0.6) is 0 Å². The number of hydrogen-bond donors (Lipinski definition) is 2. The molecular weight excluding hydrogens is 246 g/mol. The molecule has 0 saturated heterocycles. The third-order valence-corrected chi connectivity index (χ3v) is 6.01. The van der Waals surface area contributed by atoms with E-state index < -0.39 is 5.60 Å². The molecule has 20 heavy (non-hydrogen) atoms. The van der Waals surface area contributed by atoms with E-state index in [0.717, 1.165) is 38.5 Å². The molecule has 2 nitrogen and oxygen atoms in total. The molecular formula is C18H27NO. The van der Waals surface area contributed by atoms with E-state index in [1.54, 1.807) is 0 Å². The Bertz CT molecular complexity index is 459. The van der Waals surface area contributed by atoms with Crippen molar-refractivity contribution in [2.75, 3.05) is 6.54 Å². The third-order valence-electron chi connectivity index (χ3n) is 6.01. The van der Waals surface area contributed by atoms with Crippen molar-refractivity contribution in [3.8, 4) is 0 Å². The molecule has 2 aliphatic rings. The van der Waals surface area contributed by atoms with Gasteiger partial charge >= 0.3 is 0 Å². The minimum Gasteiger partial charge on any atom is -0.389 e. The van der Waals surface area contributed by atoms with Crippen molar-refractivity contribution in [2.45, 2.75) is 57.5 Å². The van der Waals surface area contributed by atoms with Crippen molar-refractivity contribution in [3.05, 3.63) is 35.4 Å². The summed E-state index contributed by atoms with van der Waals surface area (Å²) in [6, 6.07) is 8.63. The first-order chi connectivity index (χ1) is 9.65. The largest absolute Gasteiger partial charge is 0.389 e. The van der Waals surface area contributed by atoms with Crippen LogP contribution in [0.25, 0.3) is 0 Å². The van der Waals surface area contributed by atoms with Crippen LogP contribution in [0.15, 0.2) is 24.3 Å². The van der Waals surface area contributed by atoms with Gasteiger partial charge in [0.1, 0.15) is 0 Å². The minimum absolute atomic E-state index is 0.141. The molecule has 1 aromatic carbocycles. The smallest absolute Gasteiger partial charge is 0.0750 e. The molecule has 110 valence electrons. The molecule has 2 aliphatic carbocycles. The molecule has 0 spiro atoms. The lowest BCUT2D eigenvalue weighted by Gasteiger charge is -2.51. The van der Waals surface area contributed by atoms with Crippen molar-refractivity contribution in [1.82, 2.24) is 0 Å². The highest BCUT2D eigenvalue weighted by atomic mass is 16.3. The van der Waals surface area contributed by atoms with Crippen LogP contribution in [0.3, 0.4) is 0 Å². The Balaban J connectivity index is 1.98. The van der Waals surface area contributed by atoms with Gasteiger partial charge in [-0.15, -0.1) is 0 Å². The van der Waals surface area contributed by atoms with Gasteiger partial charge in [-0.2, -0.15) is 0 Å². The Morgan fingerprint density at radius 3 is 2.40 bits per heavy atom. The van der Waals surface area contributed by atoms with Crippen molar-refractivity contribution >= 4 is 0 Å². The molecule has 0 radical (unpaired) electrons. The van der Waals surface area contributed by atoms with E-state index in [-0.39, 0.29) is 5.41 Å². The number of hydrogen-bond acceptors (Lipinski definition) is 2. The maximum absolute atomic E-state index is 11.6. The van der Waals surface area contributed by atoms with Crippen LogP contribution in [0, 0.1) is 11.3 Å². The topological polar surface area (TPSA) is 46.2 Å². The molecule has 0 amide bonds. The summed E-state index contributed by atoms with van der Waals surface area (Å²) in [5, 5.41) is 11.6. The molecule has 2 unspecified atom stereocenters. The molecule has 2 heteroatoms. The molecule has 3 N–H and O–H groups in total. The second-order valence-corrected chi connectivity index (χ2v) is 6.88. The lowest BCUT2D eigenvalue weighted by molar-refractivity contribution is -0.142. The maximum Gasteiger partial charge on any atom is 0.0750 e. The summed E-state index contributed by atoms with van der Waals surface area (Å²) in [7, 11) is 0. The average molecular weight is 273 g/mol. The van der Waals surface area contributed by atoms with Crippen LogP contribution in [0.4, 0.5) is 0 Å². The zero-order chi connectivity index (χ0) is 14.2. The molecule has 1 fully saturated rings. The summed E-state index contributed by atoms with van der Waals surface area (Å²) in [4.78, 5) is 0. The van der Waals surface area contributed by atoms with Gasteiger partial charge in [0.25, 0.3) is 0 Å². The lowest BCUT2D eigenvalue weighted by atomic mass is 9.58. The second kappa shape index (κ2) is 5.16. The normalized spacial score (nSPS) is 32.0. The fourth-order valence-corrected chi connectivity index (χ4v) is 4.79. The summed E-state index contributed by atoms with van der Waals surface area (Å²) in [6.45, 7) is 2.81. The summed E-state index contributed by atoms with van der Waals surface area (Å²) < 4.78 is 0.